The van der Waals surface area contributed by atoms with E-state index in [9.17, 15) is 19.8 Å². The molecule has 35 heavy (non-hydrogen) atoms. The van der Waals surface area contributed by atoms with Crippen LogP contribution in [0.5, 0.6) is 0 Å². The zero-order valence-electron chi connectivity index (χ0n) is 19.0. The molecule has 1 aliphatic heterocycles. The van der Waals surface area contributed by atoms with Crippen LogP contribution in [-0.4, -0.2) is 67.8 Å². The Labute approximate surface area is 201 Å². The van der Waals surface area contributed by atoms with Crippen molar-refractivity contribution < 1.29 is 19.8 Å². The molecule has 2 aromatic carbocycles. The number of benzene rings is 2. The summed E-state index contributed by atoms with van der Waals surface area (Å²) in [5, 5.41) is 21.3. The second-order valence-corrected chi connectivity index (χ2v) is 8.47. The first-order valence-corrected chi connectivity index (χ1v) is 11.4. The highest BCUT2D eigenvalue weighted by Gasteiger charge is 2.37. The number of aliphatic carboxylic acids is 1. The summed E-state index contributed by atoms with van der Waals surface area (Å²) >= 11 is 0. The second-order valence-electron chi connectivity index (χ2n) is 8.47. The van der Waals surface area contributed by atoms with Gasteiger partial charge in [0.15, 0.2) is 0 Å². The molecule has 0 aliphatic carbocycles. The first-order valence-electron chi connectivity index (χ1n) is 11.4. The molecule has 3 heterocycles. The van der Waals surface area contributed by atoms with Crippen LogP contribution in [0.4, 0.5) is 5.95 Å². The molecule has 1 saturated heterocycles. The highest BCUT2D eigenvalue weighted by molar-refractivity contribution is 6.01. The number of hydrogen-bond acceptors (Lipinski definition) is 6. The number of nitrogens with zero attached hydrogens (tertiary/aromatic N) is 5. The van der Waals surface area contributed by atoms with Crippen LogP contribution in [0.25, 0.3) is 10.9 Å². The van der Waals surface area contributed by atoms with Crippen LogP contribution >= 0.6 is 0 Å². The Hall–Kier alpha value is -4.24. The van der Waals surface area contributed by atoms with Gasteiger partial charge in [0, 0.05) is 61.6 Å². The molecule has 0 spiro atoms. The summed E-state index contributed by atoms with van der Waals surface area (Å²) in [5.41, 5.74) is 1.97. The van der Waals surface area contributed by atoms with Crippen molar-refractivity contribution in [2.75, 3.05) is 31.1 Å². The van der Waals surface area contributed by atoms with Crippen LogP contribution in [0.1, 0.15) is 27.7 Å². The summed E-state index contributed by atoms with van der Waals surface area (Å²) in [5.74, 6) is -1.61. The number of aromatic carboxylic acids is 1. The maximum Gasteiger partial charge on any atom is 0.352 e. The largest absolute Gasteiger partial charge is 0.480 e. The molecule has 9 heteroatoms. The van der Waals surface area contributed by atoms with Gasteiger partial charge in [-0.3, -0.25) is 9.69 Å². The molecule has 1 fully saturated rings. The molecule has 4 aromatic rings. The Morgan fingerprint density at radius 1 is 0.857 bits per heavy atom. The van der Waals surface area contributed by atoms with Crippen LogP contribution in [0, 0.1) is 0 Å². The smallest absolute Gasteiger partial charge is 0.352 e. The van der Waals surface area contributed by atoms with Crippen LogP contribution in [0.15, 0.2) is 73.1 Å². The summed E-state index contributed by atoms with van der Waals surface area (Å²) in [4.78, 5) is 37.7. The second kappa shape index (κ2) is 9.55. The van der Waals surface area contributed by atoms with Crippen LogP contribution in [-0.2, 0) is 11.3 Å². The topological polar surface area (TPSA) is 112 Å². The molecule has 1 aliphatic rings. The number of para-hydroxylation sites is 1. The van der Waals surface area contributed by atoms with Gasteiger partial charge in [0.1, 0.15) is 11.7 Å². The van der Waals surface area contributed by atoms with Crippen molar-refractivity contribution >= 4 is 28.8 Å². The van der Waals surface area contributed by atoms with E-state index in [2.05, 4.69) is 9.97 Å². The lowest BCUT2D eigenvalue weighted by Crippen LogP contribution is -2.50. The van der Waals surface area contributed by atoms with Crippen molar-refractivity contribution in [2.45, 2.75) is 12.6 Å². The zero-order chi connectivity index (χ0) is 24.4. The van der Waals surface area contributed by atoms with Crippen molar-refractivity contribution in [1.82, 2.24) is 19.4 Å². The molecule has 1 atom stereocenters. The molecule has 0 amide bonds. The molecular formula is C26H25N5O4. The fourth-order valence-electron chi connectivity index (χ4n) is 4.86. The van der Waals surface area contributed by atoms with Gasteiger partial charge < -0.3 is 19.7 Å². The number of piperazine rings is 1. The maximum absolute atomic E-state index is 12.7. The number of rotatable bonds is 7. The highest BCUT2D eigenvalue weighted by Crippen LogP contribution is 2.36. The monoisotopic (exact) mass is 471 g/mol. The van der Waals surface area contributed by atoms with Crippen molar-refractivity contribution in [3.63, 3.8) is 0 Å². The van der Waals surface area contributed by atoms with E-state index in [4.69, 9.17) is 0 Å². The Kier molecular flexibility index (Phi) is 6.15. The lowest BCUT2D eigenvalue weighted by molar-refractivity contribution is -0.143. The van der Waals surface area contributed by atoms with Gasteiger partial charge in [0.05, 0.1) is 0 Å². The molecule has 178 valence electrons. The number of anilines is 1. The molecule has 0 bridgehead atoms. The first-order chi connectivity index (χ1) is 17.0. The van der Waals surface area contributed by atoms with Gasteiger partial charge >= 0.3 is 11.9 Å². The summed E-state index contributed by atoms with van der Waals surface area (Å²) in [6, 6.07) is 17.5. The van der Waals surface area contributed by atoms with Gasteiger partial charge in [0.2, 0.25) is 5.95 Å². The molecule has 2 aromatic heterocycles. The summed E-state index contributed by atoms with van der Waals surface area (Å²) in [7, 11) is 0. The van der Waals surface area contributed by atoms with Crippen LogP contribution in [0.2, 0.25) is 0 Å². The molecule has 2 N–H and O–H groups in total. The number of hydrogen-bond donors (Lipinski definition) is 2. The summed E-state index contributed by atoms with van der Waals surface area (Å²) in [6.07, 6.45) is 3.35. The normalized spacial score (nSPS) is 15.3. The average Bonchev–Trinajstić information content (AvgIpc) is 3.19. The minimum atomic E-state index is -1.14. The van der Waals surface area contributed by atoms with Crippen LogP contribution < -0.4 is 4.90 Å². The van der Waals surface area contributed by atoms with E-state index in [1.807, 2.05) is 64.4 Å². The Bertz CT molecular complexity index is 1350. The fraction of sp³-hybridized carbons (Fsp3) is 0.231. The lowest BCUT2D eigenvalue weighted by atomic mass is 10.00. The van der Waals surface area contributed by atoms with Gasteiger partial charge in [-0.05, 0) is 17.7 Å². The van der Waals surface area contributed by atoms with Crippen LogP contribution in [0.3, 0.4) is 0 Å². The van der Waals surface area contributed by atoms with Gasteiger partial charge in [-0.15, -0.1) is 0 Å². The molecule has 0 radical (unpaired) electrons. The van der Waals surface area contributed by atoms with E-state index in [1.165, 1.54) is 0 Å². The van der Waals surface area contributed by atoms with E-state index < -0.39 is 18.0 Å². The summed E-state index contributed by atoms with van der Waals surface area (Å²) in [6.45, 7) is 2.28. The van der Waals surface area contributed by atoms with Gasteiger partial charge in [-0.25, -0.2) is 14.8 Å². The summed E-state index contributed by atoms with van der Waals surface area (Å²) < 4.78 is 1.71. The highest BCUT2D eigenvalue weighted by atomic mass is 16.4. The fourth-order valence-corrected chi connectivity index (χ4v) is 4.86. The van der Waals surface area contributed by atoms with E-state index in [0.29, 0.717) is 55.1 Å². The maximum atomic E-state index is 12.7. The lowest BCUT2D eigenvalue weighted by Gasteiger charge is -2.37. The van der Waals surface area contributed by atoms with E-state index in [0.717, 1.165) is 5.56 Å². The zero-order valence-corrected chi connectivity index (χ0v) is 19.0. The molecule has 0 unspecified atom stereocenters. The average molecular weight is 472 g/mol. The van der Waals surface area contributed by atoms with E-state index in [-0.39, 0.29) is 5.69 Å². The third-order valence-corrected chi connectivity index (χ3v) is 6.42. The molecule has 0 saturated carbocycles. The third-order valence-electron chi connectivity index (χ3n) is 6.42. The van der Waals surface area contributed by atoms with Crippen molar-refractivity contribution in [3.05, 3.63) is 89.9 Å². The Balaban J connectivity index is 1.56. The molecular weight excluding hydrogens is 446 g/mol. The van der Waals surface area contributed by atoms with Gasteiger partial charge in [-0.2, -0.15) is 0 Å². The standard InChI is InChI=1S/C26H25N5O4/c32-24(33)22(29-13-15-30(16-14-29)26-27-11-6-12-28-26)21-19-9-4-5-10-20(19)31(23(21)25(34)35)17-18-7-2-1-3-8-18/h1-12,22H,13-17H2,(H,32,33)(H,34,35)/t22-/m1/s1. The number of carboxylic acids is 2. The first kappa shape index (κ1) is 22.5. The quantitative estimate of drug-likeness (QED) is 0.423. The Morgan fingerprint density at radius 3 is 2.17 bits per heavy atom. The van der Waals surface area contributed by atoms with Gasteiger partial charge in [0.25, 0.3) is 0 Å². The minimum Gasteiger partial charge on any atom is -0.480 e. The predicted octanol–water partition coefficient (Wildman–Crippen LogP) is 3.13. The number of aromatic nitrogens is 3. The SMILES string of the molecule is O=C(O)c1c([C@H](C(=O)O)N2CCN(c3ncccn3)CC2)c2ccccc2n1Cc1ccccc1. The number of carboxylic acid groups (broad SMARTS) is 2. The van der Waals surface area contributed by atoms with E-state index in [1.54, 1.807) is 23.0 Å². The van der Waals surface area contributed by atoms with Gasteiger partial charge in [-0.1, -0.05) is 48.5 Å². The molecule has 9 nitrogen and oxygen atoms in total. The van der Waals surface area contributed by atoms with Crippen molar-refractivity contribution in [2.24, 2.45) is 0 Å². The number of fused-ring (bicyclic) bond motifs is 1. The minimum absolute atomic E-state index is 0.0104. The third kappa shape index (κ3) is 4.33. The van der Waals surface area contributed by atoms with Crippen molar-refractivity contribution in [1.29, 1.82) is 0 Å². The number of carbonyl (C=O) groups is 2. The molecule has 5 rings (SSSR count). The Morgan fingerprint density at radius 2 is 1.51 bits per heavy atom. The van der Waals surface area contributed by atoms with E-state index >= 15 is 0 Å². The van der Waals surface area contributed by atoms with Crippen molar-refractivity contribution in [3.8, 4) is 0 Å². The predicted molar refractivity (Wildman–Crippen MR) is 131 cm³/mol.